The summed E-state index contributed by atoms with van der Waals surface area (Å²) in [5.74, 6) is 0.733. The number of benzene rings is 1. The van der Waals surface area contributed by atoms with Crippen molar-refractivity contribution in [3.8, 4) is 28.4 Å². The molecule has 4 N–H and O–H groups in total. The Hall–Kier alpha value is -2.67. The van der Waals surface area contributed by atoms with E-state index in [1.54, 1.807) is 20.3 Å². The summed E-state index contributed by atoms with van der Waals surface area (Å²) in [6, 6.07) is 3.63. The zero-order valence-electron chi connectivity index (χ0n) is 14.5. The van der Waals surface area contributed by atoms with Crippen LogP contribution in [0.5, 0.6) is 17.2 Å². The SMILES string of the molecule is COc1ccc(-c2c(CN)[nH]c(C(=O)O)c2C2CC2)c(OC)c1OC. The second kappa shape index (κ2) is 6.68. The summed E-state index contributed by atoms with van der Waals surface area (Å²) in [6.45, 7) is 0.194. The van der Waals surface area contributed by atoms with Crippen molar-refractivity contribution < 1.29 is 24.1 Å². The smallest absolute Gasteiger partial charge is 0.352 e. The van der Waals surface area contributed by atoms with E-state index in [0.717, 1.165) is 29.5 Å². The van der Waals surface area contributed by atoms with E-state index in [4.69, 9.17) is 19.9 Å². The second-order valence-electron chi connectivity index (χ2n) is 5.93. The summed E-state index contributed by atoms with van der Waals surface area (Å²) in [5, 5.41) is 9.58. The Bertz CT molecular complexity index is 808. The number of aromatic amines is 1. The molecule has 0 unspecified atom stereocenters. The molecule has 0 radical (unpaired) electrons. The number of H-pyrrole nitrogens is 1. The van der Waals surface area contributed by atoms with Crippen LogP contribution in [0, 0.1) is 0 Å². The molecule has 0 amide bonds. The lowest BCUT2D eigenvalue weighted by atomic mass is 9.95. The number of carboxylic acid groups (broad SMARTS) is 1. The highest BCUT2D eigenvalue weighted by molar-refractivity contribution is 5.93. The molecular weight excluding hydrogens is 324 g/mol. The van der Waals surface area contributed by atoms with Crippen LogP contribution in [0.3, 0.4) is 0 Å². The first kappa shape index (κ1) is 17.2. The van der Waals surface area contributed by atoms with Crippen molar-refractivity contribution in [1.29, 1.82) is 0 Å². The molecule has 1 aliphatic carbocycles. The van der Waals surface area contributed by atoms with Gasteiger partial charge in [-0.25, -0.2) is 4.79 Å². The van der Waals surface area contributed by atoms with Crippen molar-refractivity contribution in [2.24, 2.45) is 5.73 Å². The lowest BCUT2D eigenvalue weighted by Crippen LogP contribution is -2.01. The molecule has 0 atom stereocenters. The highest BCUT2D eigenvalue weighted by Gasteiger charge is 2.35. The van der Waals surface area contributed by atoms with Gasteiger partial charge in [-0.1, -0.05) is 0 Å². The summed E-state index contributed by atoms with van der Waals surface area (Å²) in [7, 11) is 4.64. The van der Waals surface area contributed by atoms with Crippen molar-refractivity contribution in [2.45, 2.75) is 25.3 Å². The Balaban J connectivity index is 2.31. The predicted octanol–water partition coefficient (Wildman–Crippen LogP) is 2.74. The van der Waals surface area contributed by atoms with E-state index in [2.05, 4.69) is 4.98 Å². The molecule has 25 heavy (non-hydrogen) atoms. The van der Waals surface area contributed by atoms with Crippen molar-refractivity contribution in [2.75, 3.05) is 21.3 Å². The lowest BCUT2D eigenvalue weighted by Gasteiger charge is -2.17. The molecule has 0 spiro atoms. The topological polar surface area (TPSA) is 107 Å². The molecule has 7 nitrogen and oxygen atoms in total. The number of aromatic carboxylic acids is 1. The number of carboxylic acids is 1. The van der Waals surface area contributed by atoms with E-state index >= 15 is 0 Å². The summed E-state index contributed by atoms with van der Waals surface area (Å²) in [6.07, 6.45) is 1.93. The minimum absolute atomic E-state index is 0.194. The van der Waals surface area contributed by atoms with E-state index in [0.29, 0.717) is 22.9 Å². The Labute approximate surface area is 145 Å². The average molecular weight is 346 g/mol. The van der Waals surface area contributed by atoms with Gasteiger partial charge in [-0.05, 0) is 36.5 Å². The first-order valence-corrected chi connectivity index (χ1v) is 8.04. The van der Waals surface area contributed by atoms with Crippen LogP contribution in [0.25, 0.3) is 11.1 Å². The number of hydrogen-bond acceptors (Lipinski definition) is 5. The van der Waals surface area contributed by atoms with Crippen LogP contribution in [0.2, 0.25) is 0 Å². The molecule has 0 aliphatic heterocycles. The van der Waals surface area contributed by atoms with Gasteiger partial charge in [0, 0.05) is 23.4 Å². The van der Waals surface area contributed by atoms with E-state index in [1.807, 2.05) is 6.07 Å². The monoisotopic (exact) mass is 346 g/mol. The number of hydrogen-bond donors (Lipinski definition) is 3. The highest BCUT2D eigenvalue weighted by Crippen LogP contribution is 2.52. The van der Waals surface area contributed by atoms with Crippen LogP contribution < -0.4 is 19.9 Å². The van der Waals surface area contributed by atoms with E-state index in [1.165, 1.54) is 7.11 Å². The van der Waals surface area contributed by atoms with Gasteiger partial charge in [-0.3, -0.25) is 0 Å². The first-order chi connectivity index (χ1) is 12.1. The molecule has 0 bridgehead atoms. The van der Waals surface area contributed by atoms with E-state index in [-0.39, 0.29) is 18.2 Å². The van der Waals surface area contributed by atoms with Gasteiger partial charge in [0.1, 0.15) is 5.69 Å². The number of carbonyl (C=O) groups is 1. The Morgan fingerprint density at radius 1 is 1.20 bits per heavy atom. The number of aromatic nitrogens is 1. The lowest BCUT2D eigenvalue weighted by molar-refractivity contribution is 0.0690. The van der Waals surface area contributed by atoms with Crippen LogP contribution >= 0.6 is 0 Å². The maximum Gasteiger partial charge on any atom is 0.352 e. The molecule has 1 fully saturated rings. The van der Waals surface area contributed by atoms with Crippen molar-refractivity contribution in [3.63, 3.8) is 0 Å². The van der Waals surface area contributed by atoms with E-state index < -0.39 is 5.97 Å². The number of rotatable bonds is 7. The van der Waals surface area contributed by atoms with Gasteiger partial charge in [0.2, 0.25) is 5.75 Å². The largest absolute Gasteiger partial charge is 0.493 e. The normalized spacial score (nSPS) is 13.6. The van der Waals surface area contributed by atoms with Crippen LogP contribution in [-0.4, -0.2) is 37.4 Å². The van der Waals surface area contributed by atoms with Crippen molar-refractivity contribution in [1.82, 2.24) is 4.98 Å². The van der Waals surface area contributed by atoms with E-state index in [9.17, 15) is 9.90 Å². The molecule has 1 aromatic heterocycles. The maximum atomic E-state index is 11.7. The fourth-order valence-corrected chi connectivity index (χ4v) is 3.28. The zero-order chi connectivity index (χ0) is 18.1. The van der Waals surface area contributed by atoms with Gasteiger partial charge >= 0.3 is 5.97 Å². The maximum absolute atomic E-state index is 11.7. The Morgan fingerprint density at radius 2 is 1.88 bits per heavy atom. The summed E-state index contributed by atoms with van der Waals surface area (Å²) < 4.78 is 16.4. The average Bonchev–Trinajstić information content (AvgIpc) is 3.39. The molecule has 1 saturated carbocycles. The summed E-state index contributed by atoms with van der Waals surface area (Å²) >= 11 is 0. The van der Waals surface area contributed by atoms with Gasteiger partial charge in [0.25, 0.3) is 0 Å². The van der Waals surface area contributed by atoms with Gasteiger partial charge < -0.3 is 30.0 Å². The third-order valence-corrected chi connectivity index (χ3v) is 4.49. The minimum atomic E-state index is -0.984. The highest BCUT2D eigenvalue weighted by atomic mass is 16.5. The standard InChI is InChI=1S/C18H22N2O5/c1-23-12-7-6-10(16(24-2)17(12)25-3)14-11(8-19)20-15(18(21)22)13(14)9-4-5-9/h6-7,9,20H,4-5,8,19H2,1-3H3,(H,21,22). The van der Waals surface area contributed by atoms with Gasteiger partial charge in [0.15, 0.2) is 11.5 Å². The molecule has 134 valence electrons. The fraction of sp³-hybridized carbons (Fsp3) is 0.389. The number of methoxy groups -OCH3 is 3. The van der Waals surface area contributed by atoms with Gasteiger partial charge in [-0.15, -0.1) is 0 Å². The summed E-state index contributed by atoms with van der Waals surface area (Å²) in [4.78, 5) is 14.7. The van der Waals surface area contributed by atoms with Crippen LogP contribution in [0.1, 0.15) is 40.5 Å². The Morgan fingerprint density at radius 3 is 2.36 bits per heavy atom. The molecular formula is C18H22N2O5. The third kappa shape index (κ3) is 2.80. The van der Waals surface area contributed by atoms with Crippen LogP contribution in [-0.2, 0) is 6.54 Å². The van der Waals surface area contributed by atoms with Crippen molar-refractivity contribution >= 4 is 5.97 Å². The summed E-state index contributed by atoms with van der Waals surface area (Å²) in [5.41, 5.74) is 9.09. The third-order valence-electron chi connectivity index (χ3n) is 4.49. The minimum Gasteiger partial charge on any atom is -0.493 e. The Kier molecular flexibility index (Phi) is 4.59. The molecule has 3 rings (SSSR count). The second-order valence-corrected chi connectivity index (χ2v) is 5.93. The molecule has 1 aliphatic rings. The first-order valence-electron chi connectivity index (χ1n) is 8.04. The predicted molar refractivity (Wildman–Crippen MR) is 92.7 cm³/mol. The van der Waals surface area contributed by atoms with Crippen LogP contribution in [0.4, 0.5) is 0 Å². The quantitative estimate of drug-likeness (QED) is 0.712. The van der Waals surface area contributed by atoms with Gasteiger partial charge in [-0.2, -0.15) is 0 Å². The van der Waals surface area contributed by atoms with Crippen molar-refractivity contribution in [3.05, 3.63) is 29.1 Å². The number of nitrogens with one attached hydrogen (secondary N) is 1. The molecule has 1 aromatic carbocycles. The zero-order valence-corrected chi connectivity index (χ0v) is 14.5. The van der Waals surface area contributed by atoms with Crippen LogP contribution in [0.15, 0.2) is 12.1 Å². The number of ether oxygens (including phenoxy) is 3. The number of nitrogens with two attached hydrogens (primary N) is 1. The molecule has 2 aromatic rings. The molecule has 1 heterocycles. The van der Waals surface area contributed by atoms with Gasteiger partial charge in [0.05, 0.1) is 21.3 Å². The molecule has 0 saturated heterocycles. The fourth-order valence-electron chi connectivity index (χ4n) is 3.28. The molecule has 7 heteroatoms.